The number of thiol groups is 1. The molecule has 0 bridgehead atoms. The SMILES string of the molecule is O=C1CC(CS)CN1c1ccnn1Cc1ccc(Br)cc1. The summed E-state index contributed by atoms with van der Waals surface area (Å²) in [5.74, 6) is 2.10. The molecule has 1 amide bonds. The third kappa shape index (κ3) is 3.16. The van der Waals surface area contributed by atoms with Crippen LogP contribution < -0.4 is 4.90 Å². The van der Waals surface area contributed by atoms with Crippen molar-refractivity contribution in [2.24, 2.45) is 5.92 Å². The van der Waals surface area contributed by atoms with Crippen molar-refractivity contribution in [1.82, 2.24) is 9.78 Å². The van der Waals surface area contributed by atoms with Crippen LogP contribution in [-0.4, -0.2) is 28.0 Å². The quantitative estimate of drug-likeness (QED) is 0.845. The summed E-state index contributed by atoms with van der Waals surface area (Å²) in [6.45, 7) is 1.39. The normalized spacial score (nSPS) is 18.5. The molecular formula is C15H16BrN3OS. The van der Waals surface area contributed by atoms with E-state index in [0.29, 0.717) is 18.9 Å². The average molecular weight is 366 g/mol. The number of benzene rings is 1. The predicted octanol–water partition coefficient (Wildman–Crippen LogP) is 2.98. The molecule has 1 atom stereocenters. The molecule has 6 heteroatoms. The van der Waals surface area contributed by atoms with Gasteiger partial charge in [0.1, 0.15) is 5.82 Å². The molecule has 1 unspecified atom stereocenters. The molecule has 21 heavy (non-hydrogen) atoms. The van der Waals surface area contributed by atoms with E-state index in [1.807, 2.05) is 27.8 Å². The minimum Gasteiger partial charge on any atom is -0.297 e. The molecule has 4 nitrogen and oxygen atoms in total. The zero-order chi connectivity index (χ0) is 14.8. The zero-order valence-corrected chi connectivity index (χ0v) is 13.9. The zero-order valence-electron chi connectivity index (χ0n) is 11.4. The standard InChI is InChI=1S/C15H16BrN3OS/c16-13-3-1-11(2-4-13)9-19-14(5-6-17-19)18-8-12(10-21)7-15(18)20/h1-6,12,21H,7-10H2. The van der Waals surface area contributed by atoms with E-state index in [9.17, 15) is 4.79 Å². The maximum Gasteiger partial charge on any atom is 0.228 e. The van der Waals surface area contributed by atoms with Gasteiger partial charge in [0.05, 0.1) is 12.7 Å². The second kappa shape index (κ2) is 6.23. The maximum atomic E-state index is 12.1. The fraction of sp³-hybridized carbons (Fsp3) is 0.333. The fourth-order valence-corrected chi connectivity index (χ4v) is 3.07. The molecule has 0 spiro atoms. The van der Waals surface area contributed by atoms with Crippen LogP contribution in [0.25, 0.3) is 0 Å². The van der Waals surface area contributed by atoms with Crippen LogP contribution in [0.4, 0.5) is 5.82 Å². The van der Waals surface area contributed by atoms with E-state index in [0.717, 1.165) is 28.2 Å². The molecule has 0 saturated carbocycles. The highest BCUT2D eigenvalue weighted by Crippen LogP contribution is 2.26. The van der Waals surface area contributed by atoms with Crippen LogP contribution in [0.5, 0.6) is 0 Å². The molecule has 0 radical (unpaired) electrons. The summed E-state index contributed by atoms with van der Waals surface area (Å²) in [6, 6.07) is 10.0. The van der Waals surface area contributed by atoms with Crippen LogP contribution in [0.2, 0.25) is 0 Å². The van der Waals surface area contributed by atoms with Crippen LogP contribution in [0.1, 0.15) is 12.0 Å². The number of anilines is 1. The summed E-state index contributed by atoms with van der Waals surface area (Å²) in [7, 11) is 0. The van der Waals surface area contributed by atoms with Crippen molar-refractivity contribution in [1.29, 1.82) is 0 Å². The molecule has 0 aliphatic carbocycles. The number of hydrogen-bond acceptors (Lipinski definition) is 3. The van der Waals surface area contributed by atoms with Gasteiger partial charge in [-0.1, -0.05) is 28.1 Å². The van der Waals surface area contributed by atoms with Crippen molar-refractivity contribution in [3.8, 4) is 0 Å². The molecule has 2 heterocycles. The number of hydrogen-bond donors (Lipinski definition) is 1. The summed E-state index contributed by atoms with van der Waals surface area (Å²) in [5, 5.41) is 4.36. The van der Waals surface area contributed by atoms with Gasteiger partial charge in [0.15, 0.2) is 0 Å². The number of nitrogens with zero attached hydrogens (tertiary/aromatic N) is 3. The molecule has 1 aromatic carbocycles. The van der Waals surface area contributed by atoms with E-state index in [4.69, 9.17) is 0 Å². The van der Waals surface area contributed by atoms with E-state index < -0.39 is 0 Å². The predicted molar refractivity (Wildman–Crippen MR) is 89.8 cm³/mol. The van der Waals surface area contributed by atoms with Crippen molar-refractivity contribution in [2.75, 3.05) is 17.2 Å². The lowest BCUT2D eigenvalue weighted by molar-refractivity contribution is -0.117. The topological polar surface area (TPSA) is 38.1 Å². The van der Waals surface area contributed by atoms with Crippen molar-refractivity contribution in [3.05, 3.63) is 46.6 Å². The number of amides is 1. The Kier molecular flexibility index (Phi) is 4.35. The van der Waals surface area contributed by atoms with Gasteiger partial charge in [-0.25, -0.2) is 4.68 Å². The summed E-state index contributed by atoms with van der Waals surface area (Å²) in [6.07, 6.45) is 2.32. The van der Waals surface area contributed by atoms with Crippen LogP contribution in [-0.2, 0) is 11.3 Å². The number of carbonyl (C=O) groups is 1. The van der Waals surface area contributed by atoms with Crippen LogP contribution in [0.15, 0.2) is 41.0 Å². The summed E-state index contributed by atoms with van der Waals surface area (Å²) in [5.41, 5.74) is 1.15. The molecule has 1 aromatic heterocycles. The van der Waals surface area contributed by atoms with Gasteiger partial charge < -0.3 is 0 Å². The van der Waals surface area contributed by atoms with Crippen molar-refractivity contribution in [2.45, 2.75) is 13.0 Å². The summed E-state index contributed by atoms with van der Waals surface area (Å²) >= 11 is 7.74. The second-order valence-corrected chi connectivity index (χ2v) is 6.51. The van der Waals surface area contributed by atoms with Gasteiger partial charge in [-0.2, -0.15) is 17.7 Å². The first-order valence-electron chi connectivity index (χ1n) is 6.85. The van der Waals surface area contributed by atoms with Gasteiger partial charge in [-0.05, 0) is 29.4 Å². The van der Waals surface area contributed by atoms with E-state index in [1.165, 1.54) is 0 Å². The monoisotopic (exact) mass is 365 g/mol. The van der Waals surface area contributed by atoms with Crippen LogP contribution in [0, 0.1) is 5.92 Å². The first-order valence-corrected chi connectivity index (χ1v) is 8.27. The molecule has 0 N–H and O–H groups in total. The molecule has 3 rings (SSSR count). The van der Waals surface area contributed by atoms with Gasteiger partial charge in [0, 0.05) is 23.5 Å². The number of halogens is 1. The highest BCUT2D eigenvalue weighted by Gasteiger charge is 2.31. The van der Waals surface area contributed by atoms with Gasteiger partial charge in [0.2, 0.25) is 5.91 Å². The van der Waals surface area contributed by atoms with Gasteiger partial charge in [-0.15, -0.1) is 0 Å². The molecule has 110 valence electrons. The third-order valence-corrected chi connectivity index (χ3v) is 4.72. The highest BCUT2D eigenvalue weighted by molar-refractivity contribution is 9.10. The lowest BCUT2D eigenvalue weighted by Crippen LogP contribution is -2.27. The van der Waals surface area contributed by atoms with Gasteiger partial charge in [-0.3, -0.25) is 9.69 Å². The molecular weight excluding hydrogens is 350 g/mol. The van der Waals surface area contributed by atoms with Gasteiger partial charge >= 0.3 is 0 Å². The van der Waals surface area contributed by atoms with Crippen molar-refractivity contribution in [3.63, 3.8) is 0 Å². The Morgan fingerprint density at radius 3 is 2.71 bits per heavy atom. The summed E-state index contributed by atoms with van der Waals surface area (Å²) in [4.78, 5) is 14.0. The minimum absolute atomic E-state index is 0.159. The fourth-order valence-electron chi connectivity index (χ4n) is 2.56. The number of carbonyl (C=O) groups excluding carboxylic acids is 1. The first kappa shape index (κ1) is 14.7. The molecule has 1 saturated heterocycles. The first-order chi connectivity index (χ1) is 10.2. The lowest BCUT2D eigenvalue weighted by Gasteiger charge is -2.18. The summed E-state index contributed by atoms with van der Waals surface area (Å²) < 4.78 is 2.93. The van der Waals surface area contributed by atoms with Gasteiger partial charge in [0.25, 0.3) is 0 Å². The Morgan fingerprint density at radius 2 is 2.05 bits per heavy atom. The molecule has 1 aliphatic heterocycles. The highest BCUT2D eigenvalue weighted by atomic mass is 79.9. The van der Waals surface area contributed by atoms with E-state index in [-0.39, 0.29) is 5.91 Å². The van der Waals surface area contributed by atoms with Crippen LogP contribution in [0.3, 0.4) is 0 Å². The Morgan fingerprint density at radius 1 is 1.29 bits per heavy atom. The minimum atomic E-state index is 0.159. The van der Waals surface area contributed by atoms with Crippen molar-refractivity contribution >= 4 is 40.3 Å². The Labute approximate surface area is 137 Å². The van der Waals surface area contributed by atoms with E-state index in [1.54, 1.807) is 6.20 Å². The van der Waals surface area contributed by atoms with E-state index >= 15 is 0 Å². The third-order valence-electron chi connectivity index (χ3n) is 3.68. The Balaban J connectivity index is 1.81. The molecule has 2 aromatic rings. The largest absolute Gasteiger partial charge is 0.297 e. The Bertz CT molecular complexity index is 641. The average Bonchev–Trinajstić information content (AvgIpc) is 3.07. The van der Waals surface area contributed by atoms with Crippen molar-refractivity contribution < 1.29 is 4.79 Å². The molecule has 1 aliphatic rings. The maximum absolute atomic E-state index is 12.1. The molecule has 1 fully saturated rings. The van der Waals surface area contributed by atoms with Crippen LogP contribution >= 0.6 is 28.6 Å². The lowest BCUT2D eigenvalue weighted by atomic mass is 10.1. The second-order valence-electron chi connectivity index (χ2n) is 5.23. The smallest absolute Gasteiger partial charge is 0.228 e. The number of aromatic nitrogens is 2. The van der Waals surface area contributed by atoms with E-state index in [2.05, 4.69) is 45.8 Å². The Hall–Kier alpha value is -1.27. The number of rotatable bonds is 4.